The molecule has 0 radical (unpaired) electrons. The number of aromatic nitrogens is 2. The van der Waals surface area contributed by atoms with Gasteiger partial charge in [0, 0.05) is 11.0 Å². The van der Waals surface area contributed by atoms with E-state index in [4.69, 9.17) is 17.3 Å². The van der Waals surface area contributed by atoms with Crippen LogP contribution in [-0.2, 0) is 13.0 Å². The maximum absolute atomic E-state index is 6.36. The van der Waals surface area contributed by atoms with E-state index < -0.39 is 0 Å². The minimum Gasteiger partial charge on any atom is -0.322 e. The number of nitrogens with two attached hydrogens (primary N) is 1. The van der Waals surface area contributed by atoms with Gasteiger partial charge in [-0.15, -0.1) is 0 Å². The molecule has 1 atom stereocenters. The molecule has 2 N–H and O–H groups in total. The first-order valence-electron chi connectivity index (χ1n) is 6.83. The first-order valence-corrected chi connectivity index (χ1v) is 8.00. The van der Waals surface area contributed by atoms with E-state index in [0.29, 0.717) is 5.02 Å². The highest BCUT2D eigenvalue weighted by molar-refractivity contribution is 9.10. The lowest BCUT2D eigenvalue weighted by molar-refractivity contribution is 0.366. The topological polar surface area (TPSA) is 47.1 Å². The Kier molecular flexibility index (Phi) is 5.81. The van der Waals surface area contributed by atoms with E-state index in [1.807, 2.05) is 30.9 Å². The number of rotatable bonds is 6. The standard InChI is InChI=1S/C15H20BrClN4/c1-20(2)6-7-21-15(13(17)10-19-21)14(18)9-11-4-3-5-12(16)8-11/h3-5,8,10,14H,6-7,9,18H2,1-2H3. The molecule has 0 aliphatic rings. The fourth-order valence-corrected chi connectivity index (χ4v) is 2.96. The zero-order valence-electron chi connectivity index (χ0n) is 12.3. The van der Waals surface area contributed by atoms with Crippen LogP contribution < -0.4 is 5.73 Å². The molecule has 0 bridgehead atoms. The molecule has 0 fully saturated rings. The van der Waals surface area contributed by atoms with Crippen molar-refractivity contribution in [2.24, 2.45) is 5.73 Å². The Morgan fingerprint density at radius 2 is 2.19 bits per heavy atom. The lowest BCUT2D eigenvalue weighted by Gasteiger charge is -2.17. The van der Waals surface area contributed by atoms with Crippen molar-refractivity contribution in [3.05, 3.63) is 51.2 Å². The van der Waals surface area contributed by atoms with E-state index in [9.17, 15) is 0 Å². The lowest BCUT2D eigenvalue weighted by Crippen LogP contribution is -2.24. The molecule has 4 nitrogen and oxygen atoms in total. The minimum atomic E-state index is -0.170. The Labute approximate surface area is 139 Å². The Morgan fingerprint density at radius 1 is 1.43 bits per heavy atom. The highest BCUT2D eigenvalue weighted by atomic mass is 79.9. The Hall–Kier alpha value is -0.880. The first kappa shape index (κ1) is 16.5. The van der Waals surface area contributed by atoms with Gasteiger partial charge in [-0.2, -0.15) is 5.10 Å². The van der Waals surface area contributed by atoms with E-state index in [2.05, 4.69) is 38.1 Å². The molecule has 0 spiro atoms. The lowest BCUT2D eigenvalue weighted by atomic mass is 10.0. The van der Waals surface area contributed by atoms with Crippen molar-refractivity contribution in [3.8, 4) is 0 Å². The summed E-state index contributed by atoms with van der Waals surface area (Å²) in [4.78, 5) is 2.11. The summed E-state index contributed by atoms with van der Waals surface area (Å²) in [6, 6.07) is 7.99. The van der Waals surface area contributed by atoms with E-state index in [-0.39, 0.29) is 6.04 Å². The van der Waals surface area contributed by atoms with Gasteiger partial charge < -0.3 is 10.6 Å². The zero-order chi connectivity index (χ0) is 15.4. The minimum absolute atomic E-state index is 0.170. The first-order chi connectivity index (χ1) is 9.97. The molecule has 0 amide bonds. The van der Waals surface area contributed by atoms with Gasteiger partial charge >= 0.3 is 0 Å². The van der Waals surface area contributed by atoms with Gasteiger partial charge in [0.2, 0.25) is 0 Å². The van der Waals surface area contributed by atoms with Crippen molar-refractivity contribution in [2.45, 2.75) is 19.0 Å². The predicted molar refractivity (Wildman–Crippen MR) is 90.6 cm³/mol. The van der Waals surface area contributed by atoms with Crippen molar-refractivity contribution in [3.63, 3.8) is 0 Å². The molecule has 114 valence electrons. The Balaban J connectivity index is 2.14. The highest BCUT2D eigenvalue weighted by Crippen LogP contribution is 2.25. The van der Waals surface area contributed by atoms with Gasteiger partial charge in [0.15, 0.2) is 0 Å². The maximum atomic E-state index is 6.36. The van der Waals surface area contributed by atoms with Crippen LogP contribution in [0.3, 0.4) is 0 Å². The third kappa shape index (κ3) is 4.54. The molecule has 0 aliphatic heterocycles. The molecule has 0 saturated heterocycles. The van der Waals surface area contributed by atoms with E-state index in [0.717, 1.165) is 29.7 Å². The van der Waals surface area contributed by atoms with Crippen LogP contribution in [-0.4, -0.2) is 35.3 Å². The number of hydrogen-bond donors (Lipinski definition) is 1. The normalized spacial score (nSPS) is 12.9. The van der Waals surface area contributed by atoms with Gasteiger partial charge in [0.1, 0.15) is 0 Å². The number of hydrogen-bond acceptors (Lipinski definition) is 3. The van der Waals surface area contributed by atoms with Crippen LogP contribution in [0.4, 0.5) is 0 Å². The summed E-state index contributed by atoms with van der Waals surface area (Å²) in [5, 5.41) is 4.97. The number of nitrogens with zero attached hydrogens (tertiary/aromatic N) is 3. The van der Waals surface area contributed by atoms with Crippen LogP contribution in [0.25, 0.3) is 0 Å². The number of halogens is 2. The summed E-state index contributed by atoms with van der Waals surface area (Å²) in [6.07, 6.45) is 2.40. The van der Waals surface area contributed by atoms with E-state index >= 15 is 0 Å². The summed E-state index contributed by atoms with van der Waals surface area (Å²) in [5.74, 6) is 0. The summed E-state index contributed by atoms with van der Waals surface area (Å²) < 4.78 is 2.96. The fourth-order valence-electron chi connectivity index (χ4n) is 2.23. The van der Waals surface area contributed by atoms with E-state index in [1.54, 1.807) is 6.20 Å². The summed E-state index contributed by atoms with van der Waals surface area (Å²) in [7, 11) is 4.07. The third-order valence-corrected chi connectivity index (χ3v) is 4.07. The molecular formula is C15H20BrClN4. The molecule has 0 aliphatic carbocycles. The average Bonchev–Trinajstić information content (AvgIpc) is 2.77. The molecule has 1 aromatic heterocycles. The van der Waals surface area contributed by atoms with Crippen molar-refractivity contribution in [2.75, 3.05) is 20.6 Å². The van der Waals surface area contributed by atoms with Crippen LogP contribution in [0, 0.1) is 0 Å². The van der Waals surface area contributed by atoms with E-state index in [1.165, 1.54) is 5.56 Å². The monoisotopic (exact) mass is 370 g/mol. The van der Waals surface area contributed by atoms with Crippen LogP contribution in [0.2, 0.25) is 5.02 Å². The molecule has 0 saturated carbocycles. The molecule has 1 unspecified atom stereocenters. The van der Waals surface area contributed by atoms with Crippen LogP contribution >= 0.6 is 27.5 Å². The summed E-state index contributed by atoms with van der Waals surface area (Å²) in [5.41, 5.74) is 8.43. The van der Waals surface area contributed by atoms with Crippen LogP contribution in [0.1, 0.15) is 17.3 Å². The van der Waals surface area contributed by atoms with Gasteiger partial charge in [-0.25, -0.2) is 0 Å². The summed E-state index contributed by atoms with van der Waals surface area (Å²) in [6.45, 7) is 1.68. The Morgan fingerprint density at radius 3 is 2.86 bits per heavy atom. The predicted octanol–water partition coefficient (Wildman–Crippen LogP) is 3.10. The van der Waals surface area contributed by atoms with Crippen LogP contribution in [0.5, 0.6) is 0 Å². The molecule has 2 rings (SSSR count). The molecule has 1 aromatic carbocycles. The highest BCUT2D eigenvalue weighted by Gasteiger charge is 2.17. The quantitative estimate of drug-likeness (QED) is 0.849. The SMILES string of the molecule is CN(C)CCn1ncc(Cl)c1C(N)Cc1cccc(Br)c1. The van der Waals surface area contributed by atoms with Gasteiger partial charge in [-0.1, -0.05) is 39.7 Å². The van der Waals surface area contributed by atoms with Crippen molar-refractivity contribution in [1.29, 1.82) is 0 Å². The van der Waals surface area contributed by atoms with Crippen molar-refractivity contribution in [1.82, 2.24) is 14.7 Å². The number of benzene rings is 1. The van der Waals surface area contributed by atoms with Crippen LogP contribution in [0.15, 0.2) is 34.9 Å². The number of likely N-dealkylation sites (N-methyl/N-ethyl adjacent to an activating group) is 1. The second-order valence-electron chi connectivity index (χ2n) is 5.34. The molecule has 21 heavy (non-hydrogen) atoms. The van der Waals surface area contributed by atoms with Gasteiger partial charge in [0.25, 0.3) is 0 Å². The third-order valence-electron chi connectivity index (χ3n) is 3.29. The second kappa shape index (κ2) is 7.40. The molecular weight excluding hydrogens is 352 g/mol. The summed E-state index contributed by atoms with van der Waals surface area (Å²) >= 11 is 9.75. The maximum Gasteiger partial charge on any atom is 0.0834 e. The average molecular weight is 372 g/mol. The second-order valence-corrected chi connectivity index (χ2v) is 6.67. The smallest absolute Gasteiger partial charge is 0.0834 e. The fraction of sp³-hybridized carbons (Fsp3) is 0.400. The molecule has 1 heterocycles. The zero-order valence-corrected chi connectivity index (χ0v) is 14.6. The van der Waals surface area contributed by atoms with Crippen molar-refractivity contribution >= 4 is 27.5 Å². The van der Waals surface area contributed by atoms with Gasteiger partial charge in [-0.05, 0) is 38.2 Å². The molecule has 6 heteroatoms. The van der Waals surface area contributed by atoms with Gasteiger partial charge in [-0.3, -0.25) is 4.68 Å². The van der Waals surface area contributed by atoms with Crippen molar-refractivity contribution < 1.29 is 0 Å². The Bertz CT molecular complexity index is 597. The molecule has 2 aromatic rings. The van der Waals surface area contributed by atoms with Gasteiger partial charge in [0.05, 0.1) is 29.5 Å². The largest absolute Gasteiger partial charge is 0.322 e.